The Bertz CT molecular complexity index is 1580. The SMILES string of the molecule is CCN1C[C@H](C)[C@@H](NC(=O)c2cc(C#CCNc3cc(C(=O)NC)c(F)cc3OC)cc3c2ncn3CC(F)(F)F)[C@@H](F)C1. The van der Waals surface area contributed by atoms with Crippen LogP contribution in [0.3, 0.4) is 0 Å². The van der Waals surface area contributed by atoms with Crippen LogP contribution in [0.5, 0.6) is 5.75 Å². The van der Waals surface area contributed by atoms with Gasteiger partial charge in [-0.15, -0.1) is 0 Å². The molecule has 14 heteroatoms. The van der Waals surface area contributed by atoms with Crippen LogP contribution in [0.25, 0.3) is 11.0 Å². The van der Waals surface area contributed by atoms with Gasteiger partial charge in [0.25, 0.3) is 11.8 Å². The van der Waals surface area contributed by atoms with Crippen LogP contribution in [-0.2, 0) is 6.54 Å². The van der Waals surface area contributed by atoms with Crippen molar-refractivity contribution in [1.29, 1.82) is 0 Å². The highest BCUT2D eigenvalue weighted by Crippen LogP contribution is 2.28. The van der Waals surface area contributed by atoms with Crippen LogP contribution < -0.4 is 20.7 Å². The number of carbonyl (C=O) groups is 2. The zero-order valence-electron chi connectivity index (χ0n) is 24.6. The Labute approximate surface area is 251 Å². The summed E-state index contributed by atoms with van der Waals surface area (Å²) in [5, 5.41) is 8.01. The first-order chi connectivity index (χ1) is 20.8. The minimum Gasteiger partial charge on any atom is -0.494 e. The summed E-state index contributed by atoms with van der Waals surface area (Å²) in [6.07, 6.45) is -4.88. The molecule has 1 saturated heterocycles. The van der Waals surface area contributed by atoms with Crippen molar-refractivity contribution in [2.75, 3.05) is 45.7 Å². The summed E-state index contributed by atoms with van der Waals surface area (Å²) in [6, 6.07) is 4.32. The molecule has 3 atom stereocenters. The van der Waals surface area contributed by atoms with Crippen LogP contribution in [0, 0.1) is 23.6 Å². The van der Waals surface area contributed by atoms with Crippen molar-refractivity contribution < 1.29 is 36.3 Å². The van der Waals surface area contributed by atoms with Gasteiger partial charge in [-0.3, -0.25) is 9.59 Å². The monoisotopic (exact) mass is 620 g/mol. The van der Waals surface area contributed by atoms with Crippen molar-refractivity contribution in [2.24, 2.45) is 5.92 Å². The fourth-order valence-corrected chi connectivity index (χ4v) is 5.22. The molecular weight excluding hydrogens is 587 g/mol. The highest BCUT2D eigenvalue weighted by atomic mass is 19.4. The Morgan fingerprint density at radius 1 is 1.14 bits per heavy atom. The average molecular weight is 621 g/mol. The largest absolute Gasteiger partial charge is 0.494 e. The van der Waals surface area contributed by atoms with Gasteiger partial charge in [-0.25, -0.2) is 13.8 Å². The molecule has 3 N–H and O–H groups in total. The predicted molar refractivity (Wildman–Crippen MR) is 155 cm³/mol. The quantitative estimate of drug-likeness (QED) is 0.260. The van der Waals surface area contributed by atoms with Gasteiger partial charge in [-0.1, -0.05) is 25.7 Å². The second kappa shape index (κ2) is 13.5. The maximum atomic E-state index is 15.0. The molecule has 0 unspecified atom stereocenters. The zero-order chi connectivity index (χ0) is 32.2. The van der Waals surface area contributed by atoms with Gasteiger partial charge in [0.15, 0.2) is 0 Å². The van der Waals surface area contributed by atoms with E-state index >= 15 is 4.39 Å². The number of ether oxygens (including phenoxy) is 1. The first-order valence-corrected chi connectivity index (χ1v) is 13.9. The Hall–Kier alpha value is -4.38. The summed E-state index contributed by atoms with van der Waals surface area (Å²) in [5.74, 6) is 3.47. The number of hydrogen-bond acceptors (Lipinski definition) is 6. The summed E-state index contributed by atoms with van der Waals surface area (Å²) in [4.78, 5) is 31.5. The van der Waals surface area contributed by atoms with Crippen LogP contribution in [-0.4, -0.2) is 85.0 Å². The summed E-state index contributed by atoms with van der Waals surface area (Å²) in [6.45, 7) is 3.79. The highest BCUT2D eigenvalue weighted by molar-refractivity contribution is 6.05. The molecule has 2 heterocycles. The van der Waals surface area contributed by atoms with Gasteiger partial charge >= 0.3 is 6.18 Å². The smallest absolute Gasteiger partial charge is 0.406 e. The third-order valence-electron chi connectivity index (χ3n) is 7.41. The summed E-state index contributed by atoms with van der Waals surface area (Å²) in [7, 11) is 2.69. The third kappa shape index (κ3) is 7.39. The van der Waals surface area contributed by atoms with E-state index in [2.05, 4.69) is 32.8 Å². The molecule has 0 saturated carbocycles. The van der Waals surface area contributed by atoms with E-state index in [-0.39, 0.29) is 58.2 Å². The number of benzene rings is 2. The minimum absolute atomic E-state index is 0.0299. The Balaban J connectivity index is 1.64. The maximum Gasteiger partial charge on any atom is 0.406 e. The number of aromatic nitrogens is 2. The fourth-order valence-electron chi connectivity index (χ4n) is 5.22. The molecule has 0 aliphatic carbocycles. The lowest BCUT2D eigenvalue weighted by atomic mass is 9.92. The summed E-state index contributed by atoms with van der Waals surface area (Å²) < 4.78 is 75.2. The Morgan fingerprint density at radius 3 is 2.52 bits per heavy atom. The molecular formula is C30H33F5N6O3. The van der Waals surface area contributed by atoms with Crippen molar-refractivity contribution in [3.05, 3.63) is 53.1 Å². The number of nitrogens with zero attached hydrogens (tertiary/aromatic N) is 3. The number of nitrogens with one attached hydrogen (secondary N) is 3. The number of anilines is 1. The lowest BCUT2D eigenvalue weighted by Gasteiger charge is -2.39. The molecule has 2 amide bonds. The standard InChI is InChI=1S/C30H33F5N6O3/c1-5-40-13-17(2)26(22(32)14-40)39-29(43)20-9-18(10-24-27(20)38-16-41(24)15-30(33,34)35)7-6-8-37-23-11-19(28(42)36-3)21(31)12-25(23)44-4/h9-12,16-17,22,26,37H,5,8,13-15H2,1-4H3,(H,36,42)(H,39,43)/t17-,22-,26+/m0/s1. The van der Waals surface area contributed by atoms with Crippen LogP contribution in [0.15, 0.2) is 30.6 Å². The number of amides is 2. The van der Waals surface area contributed by atoms with E-state index < -0.39 is 42.6 Å². The minimum atomic E-state index is -4.55. The molecule has 4 rings (SSSR count). The van der Waals surface area contributed by atoms with Gasteiger partial charge in [-0.05, 0) is 30.7 Å². The number of hydrogen-bond donors (Lipinski definition) is 3. The van der Waals surface area contributed by atoms with Gasteiger partial charge in [-0.2, -0.15) is 13.2 Å². The first kappa shape index (κ1) is 32.5. The highest BCUT2D eigenvalue weighted by Gasteiger charge is 2.36. The number of rotatable bonds is 8. The third-order valence-corrected chi connectivity index (χ3v) is 7.41. The molecule has 1 aliphatic rings. The van der Waals surface area contributed by atoms with Crippen molar-refractivity contribution in [2.45, 2.75) is 38.8 Å². The second-order valence-corrected chi connectivity index (χ2v) is 10.5. The van der Waals surface area contributed by atoms with E-state index in [4.69, 9.17) is 4.74 Å². The van der Waals surface area contributed by atoms with E-state index in [1.54, 1.807) is 0 Å². The van der Waals surface area contributed by atoms with E-state index in [0.29, 0.717) is 13.1 Å². The number of carbonyl (C=O) groups excluding carboxylic acids is 2. The molecule has 1 aromatic heterocycles. The van der Waals surface area contributed by atoms with E-state index in [0.717, 1.165) is 17.0 Å². The van der Waals surface area contributed by atoms with Gasteiger partial charge < -0.3 is 30.2 Å². The predicted octanol–water partition coefficient (Wildman–Crippen LogP) is 3.98. The van der Waals surface area contributed by atoms with Crippen molar-refractivity contribution >= 4 is 28.5 Å². The number of methoxy groups -OCH3 is 1. The molecule has 9 nitrogen and oxygen atoms in total. The van der Waals surface area contributed by atoms with Gasteiger partial charge in [0, 0.05) is 31.8 Å². The number of piperidine rings is 1. The number of likely N-dealkylation sites (tertiary alicyclic amines) is 1. The van der Waals surface area contributed by atoms with E-state index in [9.17, 15) is 27.2 Å². The van der Waals surface area contributed by atoms with Crippen molar-refractivity contribution in [3.8, 4) is 17.6 Å². The fraction of sp³-hybridized carbons (Fsp3) is 0.433. The van der Waals surface area contributed by atoms with Crippen LogP contribution in [0.2, 0.25) is 0 Å². The molecule has 44 heavy (non-hydrogen) atoms. The molecule has 236 valence electrons. The first-order valence-electron chi connectivity index (χ1n) is 13.9. The van der Waals surface area contributed by atoms with Gasteiger partial charge in [0.05, 0.1) is 48.4 Å². The van der Waals surface area contributed by atoms with Gasteiger partial charge in [0.1, 0.15) is 29.8 Å². The molecule has 1 aliphatic heterocycles. The van der Waals surface area contributed by atoms with Crippen molar-refractivity contribution in [1.82, 2.24) is 25.1 Å². The molecule has 2 aromatic carbocycles. The second-order valence-electron chi connectivity index (χ2n) is 10.5. The number of alkyl halides is 4. The molecule has 0 radical (unpaired) electrons. The summed E-state index contributed by atoms with van der Waals surface area (Å²) >= 11 is 0. The Kier molecular flexibility index (Phi) is 9.98. The average Bonchev–Trinajstić information content (AvgIpc) is 3.37. The normalized spacial score (nSPS) is 18.8. The lowest BCUT2D eigenvalue weighted by Crippen LogP contribution is -2.56. The van der Waals surface area contributed by atoms with E-state index in [1.807, 2.05) is 18.7 Å². The lowest BCUT2D eigenvalue weighted by molar-refractivity contribution is -0.139. The molecule has 3 aromatic rings. The van der Waals surface area contributed by atoms with Crippen molar-refractivity contribution in [3.63, 3.8) is 0 Å². The topological polar surface area (TPSA) is 101 Å². The molecule has 0 spiro atoms. The zero-order valence-corrected chi connectivity index (χ0v) is 24.6. The molecule has 1 fully saturated rings. The van der Waals surface area contributed by atoms with E-state index in [1.165, 1.54) is 32.4 Å². The van der Waals surface area contributed by atoms with Gasteiger partial charge in [0.2, 0.25) is 0 Å². The van der Waals surface area contributed by atoms with Crippen LogP contribution >= 0.6 is 0 Å². The van der Waals surface area contributed by atoms with Crippen LogP contribution in [0.1, 0.15) is 40.1 Å². The molecule has 0 bridgehead atoms. The number of imidazole rings is 1. The summed E-state index contributed by atoms with van der Waals surface area (Å²) in [5.41, 5.74) is 0.317. The van der Waals surface area contributed by atoms with Crippen LogP contribution in [0.4, 0.5) is 27.6 Å². The maximum absolute atomic E-state index is 15.0. The number of fused-ring (bicyclic) bond motifs is 1. The Morgan fingerprint density at radius 2 is 1.89 bits per heavy atom. The number of halogens is 5.